The molecule has 1 saturated heterocycles. The molecule has 1 atom stereocenters. The fourth-order valence-electron chi connectivity index (χ4n) is 4.25. The van der Waals surface area contributed by atoms with Crippen molar-refractivity contribution in [1.29, 1.82) is 0 Å². The molecule has 1 aliphatic heterocycles. The van der Waals surface area contributed by atoms with Gasteiger partial charge in [0.25, 0.3) is 0 Å². The number of piperidine rings is 1. The number of esters is 1. The summed E-state index contributed by atoms with van der Waals surface area (Å²) in [6.45, 7) is 4.36. The number of hydrogen-bond acceptors (Lipinski definition) is 5. The van der Waals surface area contributed by atoms with Crippen LogP contribution >= 0.6 is 0 Å². The molecule has 3 rings (SSSR count). The van der Waals surface area contributed by atoms with E-state index in [-0.39, 0.29) is 11.7 Å². The third-order valence-electron chi connectivity index (χ3n) is 5.80. The number of benzene rings is 2. The van der Waals surface area contributed by atoms with E-state index in [0.717, 1.165) is 37.8 Å². The zero-order valence-corrected chi connectivity index (χ0v) is 17.4. The van der Waals surface area contributed by atoms with Crippen molar-refractivity contribution in [1.82, 2.24) is 4.90 Å². The molecule has 1 heterocycles. The summed E-state index contributed by atoms with van der Waals surface area (Å²) in [5, 5.41) is 10.5. The number of phenolic OH excluding ortho intramolecular Hbond substituents is 1. The average molecular weight is 398 g/mol. The van der Waals surface area contributed by atoms with E-state index in [2.05, 4.69) is 17.0 Å². The highest BCUT2D eigenvalue weighted by Gasteiger charge is 2.43. The summed E-state index contributed by atoms with van der Waals surface area (Å²) in [5.74, 6) is 0.544. The van der Waals surface area contributed by atoms with E-state index < -0.39 is 5.41 Å². The number of carbonyl (C=O) groups is 1. The number of para-hydroxylation sites is 1. The maximum absolute atomic E-state index is 13.0. The molecule has 1 fully saturated rings. The molecular weight excluding hydrogens is 366 g/mol. The van der Waals surface area contributed by atoms with E-state index in [1.807, 2.05) is 37.3 Å². The van der Waals surface area contributed by atoms with Gasteiger partial charge in [-0.1, -0.05) is 42.5 Å². The lowest BCUT2D eigenvalue weighted by Crippen LogP contribution is -2.48. The monoisotopic (exact) mass is 397 g/mol. The summed E-state index contributed by atoms with van der Waals surface area (Å²) in [6.07, 6.45) is 3.37. The number of ether oxygens (including phenoxy) is 2. The second-order valence-corrected chi connectivity index (χ2v) is 7.77. The molecule has 0 bridgehead atoms. The van der Waals surface area contributed by atoms with Gasteiger partial charge in [0, 0.05) is 18.7 Å². The molecule has 0 amide bonds. The maximum Gasteiger partial charge on any atom is 0.313 e. The summed E-state index contributed by atoms with van der Waals surface area (Å²) < 4.78 is 10.7. The molecular formula is C24H31NO4. The first-order valence-corrected chi connectivity index (χ1v) is 10.4. The number of rotatable bonds is 8. The van der Waals surface area contributed by atoms with Gasteiger partial charge in [0.05, 0.1) is 19.1 Å². The third kappa shape index (κ3) is 5.10. The Morgan fingerprint density at radius 2 is 1.97 bits per heavy atom. The van der Waals surface area contributed by atoms with E-state index in [1.54, 1.807) is 13.2 Å². The van der Waals surface area contributed by atoms with Gasteiger partial charge < -0.3 is 14.6 Å². The molecule has 0 aromatic heterocycles. The Morgan fingerprint density at radius 1 is 1.17 bits per heavy atom. The van der Waals surface area contributed by atoms with E-state index in [4.69, 9.17) is 9.47 Å². The number of methoxy groups -OCH3 is 1. The summed E-state index contributed by atoms with van der Waals surface area (Å²) in [5.41, 5.74) is 1.53. The molecule has 1 aliphatic rings. The maximum atomic E-state index is 13.0. The topological polar surface area (TPSA) is 59.0 Å². The van der Waals surface area contributed by atoms with Crippen molar-refractivity contribution < 1.29 is 19.4 Å². The second kappa shape index (κ2) is 9.79. The largest absolute Gasteiger partial charge is 0.504 e. The van der Waals surface area contributed by atoms with E-state index >= 15 is 0 Å². The summed E-state index contributed by atoms with van der Waals surface area (Å²) in [4.78, 5) is 15.2. The number of hydrogen-bond donors (Lipinski definition) is 1. The van der Waals surface area contributed by atoms with Crippen molar-refractivity contribution in [3.05, 3.63) is 59.7 Å². The first-order chi connectivity index (χ1) is 14.1. The molecule has 0 radical (unpaired) electrons. The van der Waals surface area contributed by atoms with Crippen LogP contribution in [0, 0.1) is 5.41 Å². The Labute approximate surface area is 173 Å². The lowest BCUT2D eigenvalue weighted by Gasteiger charge is -2.41. The highest BCUT2D eigenvalue weighted by molar-refractivity contribution is 5.77. The van der Waals surface area contributed by atoms with Gasteiger partial charge in [-0.3, -0.25) is 9.69 Å². The molecule has 0 spiro atoms. The summed E-state index contributed by atoms with van der Waals surface area (Å²) >= 11 is 0. The minimum atomic E-state index is -0.515. The molecule has 29 heavy (non-hydrogen) atoms. The predicted molar refractivity (Wildman–Crippen MR) is 113 cm³/mol. The highest BCUT2D eigenvalue weighted by Crippen LogP contribution is 2.38. The van der Waals surface area contributed by atoms with Crippen LogP contribution in [0.4, 0.5) is 0 Å². The van der Waals surface area contributed by atoms with Gasteiger partial charge in [-0.2, -0.15) is 0 Å². The predicted octanol–water partition coefficient (Wildman–Crippen LogP) is 4.18. The molecule has 5 heteroatoms. The van der Waals surface area contributed by atoms with Crippen LogP contribution < -0.4 is 4.74 Å². The Balaban J connectivity index is 1.77. The number of nitrogens with zero attached hydrogens (tertiary/aromatic N) is 1. The van der Waals surface area contributed by atoms with Crippen LogP contribution in [0.5, 0.6) is 11.5 Å². The molecule has 2 aromatic rings. The first-order valence-electron chi connectivity index (χ1n) is 10.4. The van der Waals surface area contributed by atoms with Gasteiger partial charge in [-0.05, 0) is 50.8 Å². The highest BCUT2D eigenvalue weighted by atomic mass is 16.5. The molecule has 156 valence electrons. The van der Waals surface area contributed by atoms with Gasteiger partial charge in [0.2, 0.25) is 0 Å². The fraction of sp³-hybridized carbons (Fsp3) is 0.458. The normalized spacial score (nSPS) is 19.7. The Kier molecular flexibility index (Phi) is 7.15. The van der Waals surface area contributed by atoms with E-state index in [1.165, 1.54) is 5.56 Å². The Morgan fingerprint density at radius 3 is 2.69 bits per heavy atom. The SMILES string of the molecule is CCOC(=O)C1(CCc2ccccc2)CCCN(Cc2cccc(OC)c2O)C1. The molecule has 2 aromatic carbocycles. The molecule has 0 saturated carbocycles. The summed E-state index contributed by atoms with van der Waals surface area (Å²) in [6, 6.07) is 15.8. The average Bonchev–Trinajstić information content (AvgIpc) is 2.75. The van der Waals surface area contributed by atoms with Gasteiger partial charge in [0.1, 0.15) is 0 Å². The van der Waals surface area contributed by atoms with Crippen LogP contribution in [0.25, 0.3) is 0 Å². The molecule has 1 unspecified atom stereocenters. The van der Waals surface area contributed by atoms with Gasteiger partial charge >= 0.3 is 5.97 Å². The fourth-order valence-corrected chi connectivity index (χ4v) is 4.25. The van der Waals surface area contributed by atoms with Crippen molar-refractivity contribution in [2.45, 2.75) is 39.2 Å². The standard InChI is InChI=1S/C24H31NO4/c1-3-29-23(27)24(15-13-19-9-5-4-6-10-19)14-8-16-25(18-24)17-20-11-7-12-21(28-2)22(20)26/h4-7,9-12,26H,3,8,13-18H2,1-2H3. The molecule has 5 nitrogen and oxygen atoms in total. The summed E-state index contributed by atoms with van der Waals surface area (Å²) in [7, 11) is 1.55. The number of aryl methyl sites for hydroxylation is 1. The second-order valence-electron chi connectivity index (χ2n) is 7.77. The quantitative estimate of drug-likeness (QED) is 0.677. The Bertz CT molecular complexity index is 808. The smallest absolute Gasteiger partial charge is 0.313 e. The number of phenols is 1. The van der Waals surface area contributed by atoms with Gasteiger partial charge in [-0.25, -0.2) is 0 Å². The third-order valence-corrected chi connectivity index (χ3v) is 5.80. The number of likely N-dealkylation sites (tertiary alicyclic amines) is 1. The van der Waals surface area contributed by atoms with Crippen molar-refractivity contribution in [2.24, 2.45) is 5.41 Å². The van der Waals surface area contributed by atoms with Crippen molar-refractivity contribution in [3.8, 4) is 11.5 Å². The lowest BCUT2D eigenvalue weighted by molar-refractivity contribution is -0.160. The zero-order chi connectivity index (χ0) is 20.7. The van der Waals surface area contributed by atoms with Crippen molar-refractivity contribution in [2.75, 3.05) is 26.8 Å². The van der Waals surface area contributed by atoms with Crippen LogP contribution in [0.2, 0.25) is 0 Å². The van der Waals surface area contributed by atoms with Gasteiger partial charge in [-0.15, -0.1) is 0 Å². The van der Waals surface area contributed by atoms with E-state index in [0.29, 0.717) is 25.4 Å². The van der Waals surface area contributed by atoms with E-state index in [9.17, 15) is 9.90 Å². The van der Waals surface area contributed by atoms with Crippen molar-refractivity contribution in [3.63, 3.8) is 0 Å². The number of aromatic hydroxyl groups is 1. The van der Waals surface area contributed by atoms with Crippen molar-refractivity contribution >= 4 is 5.97 Å². The van der Waals surface area contributed by atoms with Crippen LogP contribution in [-0.4, -0.2) is 42.8 Å². The van der Waals surface area contributed by atoms with Crippen LogP contribution in [0.1, 0.15) is 37.3 Å². The molecule has 0 aliphatic carbocycles. The minimum Gasteiger partial charge on any atom is -0.504 e. The van der Waals surface area contributed by atoms with Crippen LogP contribution in [0.15, 0.2) is 48.5 Å². The molecule has 1 N–H and O–H groups in total. The Hall–Kier alpha value is -2.53. The minimum absolute atomic E-state index is 0.101. The first kappa shape index (κ1) is 21.2. The van der Waals surface area contributed by atoms with Crippen LogP contribution in [0.3, 0.4) is 0 Å². The van der Waals surface area contributed by atoms with Crippen LogP contribution in [-0.2, 0) is 22.5 Å². The zero-order valence-electron chi connectivity index (χ0n) is 17.4. The van der Waals surface area contributed by atoms with Gasteiger partial charge in [0.15, 0.2) is 11.5 Å². The number of carbonyl (C=O) groups excluding carboxylic acids is 1. The lowest BCUT2D eigenvalue weighted by atomic mass is 9.75.